The van der Waals surface area contributed by atoms with Gasteiger partial charge in [-0.1, -0.05) is 48.2 Å². The molecule has 0 heterocycles. The van der Waals surface area contributed by atoms with E-state index in [-0.39, 0.29) is 17.9 Å². The SMILES string of the molecule is C[C@H](C(=O)NC1CCCC1)N(Cc1cccc(Cl)c1)C(=O)CCSc1ccc(Cl)cc1. The number of thioether (sulfide) groups is 1. The van der Waals surface area contributed by atoms with Crippen molar-refractivity contribution < 1.29 is 9.59 Å². The van der Waals surface area contributed by atoms with Gasteiger partial charge >= 0.3 is 0 Å². The molecule has 31 heavy (non-hydrogen) atoms. The Kier molecular flexibility index (Phi) is 9.12. The number of nitrogens with one attached hydrogen (secondary N) is 1. The summed E-state index contributed by atoms with van der Waals surface area (Å²) in [5.74, 6) is 0.492. The monoisotopic (exact) mass is 478 g/mol. The summed E-state index contributed by atoms with van der Waals surface area (Å²) in [6.45, 7) is 2.16. The van der Waals surface area contributed by atoms with Crippen molar-refractivity contribution in [1.82, 2.24) is 10.2 Å². The maximum Gasteiger partial charge on any atom is 0.242 e. The molecule has 2 aromatic carbocycles. The van der Waals surface area contributed by atoms with Crippen LogP contribution in [0.2, 0.25) is 10.0 Å². The summed E-state index contributed by atoms with van der Waals surface area (Å²) < 4.78 is 0. The Morgan fingerprint density at radius 3 is 2.48 bits per heavy atom. The summed E-state index contributed by atoms with van der Waals surface area (Å²) in [7, 11) is 0. The molecule has 166 valence electrons. The molecule has 1 saturated carbocycles. The third-order valence-electron chi connectivity index (χ3n) is 5.51. The Labute approximate surface area is 198 Å². The maximum absolute atomic E-state index is 13.1. The second-order valence-electron chi connectivity index (χ2n) is 7.87. The first-order valence-electron chi connectivity index (χ1n) is 10.6. The lowest BCUT2D eigenvalue weighted by molar-refractivity contribution is -0.140. The minimum Gasteiger partial charge on any atom is -0.352 e. The van der Waals surface area contributed by atoms with E-state index in [0.29, 0.717) is 28.8 Å². The van der Waals surface area contributed by atoms with Gasteiger partial charge in [-0.05, 0) is 61.7 Å². The molecule has 0 spiro atoms. The molecule has 1 atom stereocenters. The number of carbonyl (C=O) groups is 2. The molecule has 0 aromatic heterocycles. The van der Waals surface area contributed by atoms with E-state index in [1.807, 2.05) is 42.5 Å². The fraction of sp³-hybridized carbons (Fsp3) is 0.417. The fourth-order valence-corrected chi connectivity index (χ4v) is 4.92. The van der Waals surface area contributed by atoms with Crippen molar-refractivity contribution in [3.05, 3.63) is 64.1 Å². The summed E-state index contributed by atoms with van der Waals surface area (Å²) in [5, 5.41) is 4.43. The molecule has 4 nitrogen and oxygen atoms in total. The first-order chi connectivity index (χ1) is 14.9. The molecule has 1 fully saturated rings. The minimum atomic E-state index is -0.549. The Morgan fingerprint density at radius 2 is 1.81 bits per heavy atom. The second kappa shape index (κ2) is 11.8. The van der Waals surface area contributed by atoms with Gasteiger partial charge < -0.3 is 10.2 Å². The van der Waals surface area contributed by atoms with Gasteiger partial charge in [-0.3, -0.25) is 9.59 Å². The van der Waals surface area contributed by atoms with Crippen molar-refractivity contribution in [1.29, 1.82) is 0 Å². The number of carbonyl (C=O) groups excluding carboxylic acids is 2. The van der Waals surface area contributed by atoms with E-state index in [2.05, 4.69) is 5.32 Å². The first-order valence-corrected chi connectivity index (χ1v) is 12.4. The molecule has 0 radical (unpaired) electrons. The fourth-order valence-electron chi connectivity index (χ4n) is 3.74. The Balaban J connectivity index is 1.65. The van der Waals surface area contributed by atoms with Crippen LogP contribution in [0.25, 0.3) is 0 Å². The lowest BCUT2D eigenvalue weighted by Gasteiger charge is -2.30. The van der Waals surface area contributed by atoms with Crippen molar-refractivity contribution in [3.63, 3.8) is 0 Å². The number of halogens is 2. The quantitative estimate of drug-likeness (QED) is 0.452. The molecule has 0 saturated heterocycles. The van der Waals surface area contributed by atoms with Crippen LogP contribution in [-0.4, -0.2) is 34.6 Å². The largest absolute Gasteiger partial charge is 0.352 e. The lowest BCUT2D eigenvalue weighted by atomic mass is 10.1. The van der Waals surface area contributed by atoms with E-state index in [1.54, 1.807) is 29.7 Å². The number of hydrogen-bond donors (Lipinski definition) is 1. The average molecular weight is 479 g/mol. The van der Waals surface area contributed by atoms with E-state index in [1.165, 1.54) is 0 Å². The highest BCUT2D eigenvalue weighted by Gasteiger charge is 2.28. The molecule has 2 amide bonds. The second-order valence-corrected chi connectivity index (χ2v) is 9.91. The third kappa shape index (κ3) is 7.44. The third-order valence-corrected chi connectivity index (χ3v) is 7.01. The molecule has 0 unspecified atom stereocenters. The van der Waals surface area contributed by atoms with E-state index in [9.17, 15) is 9.59 Å². The van der Waals surface area contributed by atoms with Crippen molar-refractivity contribution >= 4 is 46.8 Å². The zero-order chi connectivity index (χ0) is 22.2. The predicted molar refractivity (Wildman–Crippen MR) is 129 cm³/mol. The van der Waals surface area contributed by atoms with Gasteiger partial charge in [0.15, 0.2) is 0 Å². The molecule has 3 rings (SSSR count). The zero-order valence-corrected chi connectivity index (χ0v) is 20.0. The molecule has 0 aliphatic heterocycles. The molecule has 2 aromatic rings. The van der Waals surface area contributed by atoms with Gasteiger partial charge in [0.05, 0.1) is 0 Å². The van der Waals surface area contributed by atoms with Crippen LogP contribution in [0.15, 0.2) is 53.4 Å². The molecule has 1 aliphatic rings. The first kappa shape index (κ1) is 24.0. The molecule has 1 N–H and O–H groups in total. The number of nitrogens with zero attached hydrogens (tertiary/aromatic N) is 1. The van der Waals surface area contributed by atoms with E-state index in [4.69, 9.17) is 23.2 Å². The van der Waals surface area contributed by atoms with Crippen molar-refractivity contribution in [2.45, 2.75) is 62.6 Å². The van der Waals surface area contributed by atoms with Gasteiger partial charge in [-0.15, -0.1) is 11.8 Å². The summed E-state index contributed by atoms with van der Waals surface area (Å²) in [6, 6.07) is 14.7. The minimum absolute atomic E-state index is 0.0458. The number of amides is 2. The van der Waals surface area contributed by atoms with Crippen LogP contribution in [-0.2, 0) is 16.1 Å². The van der Waals surface area contributed by atoms with Gasteiger partial charge in [-0.25, -0.2) is 0 Å². The highest BCUT2D eigenvalue weighted by atomic mass is 35.5. The van der Waals surface area contributed by atoms with Crippen LogP contribution in [0, 0.1) is 0 Å². The summed E-state index contributed by atoms with van der Waals surface area (Å²) in [5.41, 5.74) is 0.909. The van der Waals surface area contributed by atoms with Crippen molar-refractivity contribution in [2.75, 3.05) is 5.75 Å². The average Bonchev–Trinajstić information content (AvgIpc) is 3.26. The number of rotatable bonds is 9. The Morgan fingerprint density at radius 1 is 1.10 bits per heavy atom. The highest BCUT2D eigenvalue weighted by Crippen LogP contribution is 2.23. The summed E-state index contributed by atoms with van der Waals surface area (Å²) in [6.07, 6.45) is 4.66. The summed E-state index contributed by atoms with van der Waals surface area (Å²) >= 11 is 13.7. The number of benzene rings is 2. The maximum atomic E-state index is 13.1. The van der Waals surface area contributed by atoms with Crippen LogP contribution < -0.4 is 5.32 Å². The topological polar surface area (TPSA) is 49.4 Å². The van der Waals surface area contributed by atoms with Crippen molar-refractivity contribution in [2.24, 2.45) is 0 Å². The van der Waals surface area contributed by atoms with Gasteiger partial charge in [0.2, 0.25) is 11.8 Å². The number of hydrogen-bond acceptors (Lipinski definition) is 3. The van der Waals surface area contributed by atoms with E-state index < -0.39 is 6.04 Å². The van der Waals surface area contributed by atoms with Gasteiger partial charge in [0, 0.05) is 39.7 Å². The van der Waals surface area contributed by atoms with Crippen LogP contribution in [0.3, 0.4) is 0 Å². The molecular weight excluding hydrogens is 451 g/mol. The van der Waals surface area contributed by atoms with Crippen LogP contribution in [0.4, 0.5) is 0 Å². The molecule has 1 aliphatic carbocycles. The highest BCUT2D eigenvalue weighted by molar-refractivity contribution is 7.99. The van der Waals surface area contributed by atoms with Crippen LogP contribution in [0.5, 0.6) is 0 Å². The van der Waals surface area contributed by atoms with E-state index in [0.717, 1.165) is 36.1 Å². The summed E-state index contributed by atoms with van der Waals surface area (Å²) in [4.78, 5) is 28.7. The Bertz CT molecular complexity index is 885. The normalized spacial score (nSPS) is 14.9. The van der Waals surface area contributed by atoms with Gasteiger partial charge in [0.1, 0.15) is 6.04 Å². The predicted octanol–water partition coefficient (Wildman–Crippen LogP) is 5.95. The van der Waals surface area contributed by atoms with Crippen LogP contribution in [0.1, 0.15) is 44.6 Å². The molecule has 7 heteroatoms. The lowest BCUT2D eigenvalue weighted by Crippen LogP contribution is -2.49. The van der Waals surface area contributed by atoms with Gasteiger partial charge in [-0.2, -0.15) is 0 Å². The van der Waals surface area contributed by atoms with Crippen LogP contribution >= 0.6 is 35.0 Å². The smallest absolute Gasteiger partial charge is 0.242 e. The van der Waals surface area contributed by atoms with Gasteiger partial charge in [0.25, 0.3) is 0 Å². The molecular formula is C24H28Cl2N2O2S. The zero-order valence-electron chi connectivity index (χ0n) is 17.7. The standard InChI is InChI=1S/C24H28Cl2N2O2S/c1-17(24(30)27-21-7-2-3-8-21)28(16-18-5-4-6-20(26)15-18)23(29)13-14-31-22-11-9-19(25)10-12-22/h4-6,9-12,15,17,21H,2-3,7-8,13-14,16H2,1H3,(H,27,30)/t17-/m1/s1. The van der Waals surface area contributed by atoms with Crippen molar-refractivity contribution in [3.8, 4) is 0 Å². The molecule has 0 bridgehead atoms. The van der Waals surface area contributed by atoms with E-state index >= 15 is 0 Å². The Hall–Kier alpha value is -1.69.